The fourth-order valence-electron chi connectivity index (χ4n) is 5.11. The number of nitrogens with one attached hydrogen (secondary N) is 1. The zero-order chi connectivity index (χ0) is 20.6. The molecular formula is C25H27NO4. The maximum atomic E-state index is 12.5. The molecule has 0 radical (unpaired) electrons. The Bertz CT molecular complexity index is 908. The Kier molecular flexibility index (Phi) is 4.89. The smallest absolute Gasteiger partial charge is 0.407 e. The molecule has 2 aromatic rings. The van der Waals surface area contributed by atoms with Crippen molar-refractivity contribution in [1.29, 1.82) is 0 Å². The summed E-state index contributed by atoms with van der Waals surface area (Å²) in [5.74, 6) is -0.148. The first kappa shape index (κ1) is 19.0. The summed E-state index contributed by atoms with van der Waals surface area (Å²) < 4.78 is 16.9. The van der Waals surface area contributed by atoms with E-state index in [0.717, 1.165) is 25.7 Å². The first-order chi connectivity index (χ1) is 14.6. The Morgan fingerprint density at radius 3 is 2.13 bits per heavy atom. The van der Waals surface area contributed by atoms with Crippen molar-refractivity contribution in [2.24, 2.45) is 5.92 Å². The molecule has 5 rings (SSSR count). The summed E-state index contributed by atoms with van der Waals surface area (Å²) in [5, 5.41) is 3.06. The van der Waals surface area contributed by atoms with Gasteiger partial charge in [-0.1, -0.05) is 48.5 Å². The lowest BCUT2D eigenvalue weighted by molar-refractivity contribution is -0.174. The number of rotatable bonds is 4. The molecule has 156 valence electrons. The fourth-order valence-corrected chi connectivity index (χ4v) is 5.11. The van der Waals surface area contributed by atoms with Crippen LogP contribution in [0.15, 0.2) is 61.1 Å². The van der Waals surface area contributed by atoms with Crippen LogP contribution in [0.25, 0.3) is 11.1 Å². The summed E-state index contributed by atoms with van der Waals surface area (Å²) in [4.78, 5) is 12.5. The fraction of sp³-hybridized carbons (Fsp3) is 0.400. The van der Waals surface area contributed by atoms with E-state index in [4.69, 9.17) is 14.2 Å². The summed E-state index contributed by atoms with van der Waals surface area (Å²) in [6.45, 7) is 2.33. The van der Waals surface area contributed by atoms with Crippen LogP contribution in [-0.4, -0.2) is 24.5 Å². The molecule has 1 fully saturated rings. The number of amides is 1. The number of alkyl carbamates (subject to hydrolysis) is 1. The summed E-state index contributed by atoms with van der Waals surface area (Å²) >= 11 is 0. The molecule has 1 saturated carbocycles. The largest absolute Gasteiger partial charge is 0.457 e. The molecule has 0 atom stereocenters. The second-order valence-corrected chi connectivity index (χ2v) is 8.54. The Hall–Kier alpha value is -2.95. The van der Waals surface area contributed by atoms with Gasteiger partial charge in [0.05, 0.1) is 0 Å². The molecule has 0 saturated heterocycles. The maximum Gasteiger partial charge on any atom is 0.407 e. The number of carbonyl (C=O) groups excluding carboxylic acids is 1. The van der Waals surface area contributed by atoms with Gasteiger partial charge in [-0.2, -0.15) is 0 Å². The molecule has 3 aliphatic rings. The van der Waals surface area contributed by atoms with Crippen molar-refractivity contribution in [1.82, 2.24) is 5.32 Å². The van der Waals surface area contributed by atoms with E-state index in [1.54, 1.807) is 12.5 Å². The maximum absolute atomic E-state index is 12.5. The molecule has 1 amide bonds. The Morgan fingerprint density at radius 1 is 0.967 bits per heavy atom. The standard InChI is InChI=1S/C25H27NO4/c1-25(29-14-15-30-25)17-10-12-18(13-11-17)26-24(27)28-16-23-21-8-4-2-6-19(21)20-7-3-5-9-22(20)23/h2-9,14-15,17-18,23H,10-13,16H2,1H3,(H,26,27). The normalized spacial score (nSPS) is 23.8. The average Bonchev–Trinajstić information content (AvgIpc) is 3.35. The van der Waals surface area contributed by atoms with Crippen LogP contribution in [0.4, 0.5) is 4.79 Å². The van der Waals surface area contributed by atoms with Gasteiger partial charge in [0.25, 0.3) is 0 Å². The molecule has 5 nitrogen and oxygen atoms in total. The summed E-state index contributed by atoms with van der Waals surface area (Å²) in [6, 6.07) is 16.9. The van der Waals surface area contributed by atoms with E-state index in [1.807, 2.05) is 19.1 Å². The van der Waals surface area contributed by atoms with E-state index in [2.05, 4.69) is 41.7 Å². The van der Waals surface area contributed by atoms with Gasteiger partial charge in [-0.25, -0.2) is 4.79 Å². The Morgan fingerprint density at radius 2 is 1.53 bits per heavy atom. The third-order valence-electron chi connectivity index (χ3n) is 6.79. The third kappa shape index (κ3) is 3.42. The van der Waals surface area contributed by atoms with E-state index in [0.29, 0.717) is 12.5 Å². The molecule has 0 aromatic heterocycles. The van der Waals surface area contributed by atoms with E-state index in [-0.39, 0.29) is 18.1 Å². The van der Waals surface area contributed by atoms with Gasteiger partial charge in [0.2, 0.25) is 5.79 Å². The molecule has 0 unspecified atom stereocenters. The minimum atomic E-state index is -0.561. The van der Waals surface area contributed by atoms with Crippen molar-refractivity contribution in [3.63, 3.8) is 0 Å². The second kappa shape index (κ2) is 7.71. The van der Waals surface area contributed by atoms with E-state index in [9.17, 15) is 4.79 Å². The van der Waals surface area contributed by atoms with E-state index < -0.39 is 5.79 Å². The van der Waals surface area contributed by atoms with Gasteiger partial charge in [0.15, 0.2) is 0 Å². The van der Waals surface area contributed by atoms with Crippen LogP contribution in [0, 0.1) is 5.92 Å². The predicted octanol–water partition coefficient (Wildman–Crippen LogP) is 5.32. The number of fused-ring (bicyclic) bond motifs is 3. The van der Waals surface area contributed by atoms with Crippen molar-refractivity contribution in [2.45, 2.75) is 50.4 Å². The van der Waals surface area contributed by atoms with Gasteiger partial charge < -0.3 is 19.5 Å². The van der Waals surface area contributed by atoms with Crippen LogP contribution >= 0.6 is 0 Å². The SMILES string of the molecule is CC1(C2CCC(NC(=O)OCC3c4ccccc4-c4ccccc43)CC2)OC=CO1. The van der Waals surface area contributed by atoms with Crippen molar-refractivity contribution in [3.8, 4) is 11.1 Å². The summed E-state index contributed by atoms with van der Waals surface area (Å²) in [5.41, 5.74) is 4.93. The lowest BCUT2D eigenvalue weighted by Crippen LogP contribution is -2.43. The van der Waals surface area contributed by atoms with Crippen LogP contribution in [0.3, 0.4) is 0 Å². The lowest BCUT2D eigenvalue weighted by Gasteiger charge is -2.37. The molecule has 0 spiro atoms. The van der Waals surface area contributed by atoms with Gasteiger partial charge in [0, 0.05) is 24.8 Å². The second-order valence-electron chi connectivity index (χ2n) is 8.54. The van der Waals surface area contributed by atoms with Crippen LogP contribution in [0.1, 0.15) is 49.7 Å². The van der Waals surface area contributed by atoms with E-state index in [1.165, 1.54) is 22.3 Å². The van der Waals surface area contributed by atoms with Crippen molar-refractivity contribution >= 4 is 6.09 Å². The van der Waals surface area contributed by atoms with Crippen molar-refractivity contribution in [2.75, 3.05) is 6.61 Å². The quantitative estimate of drug-likeness (QED) is 0.748. The number of carbonyl (C=O) groups is 1. The molecule has 2 aromatic carbocycles. The van der Waals surface area contributed by atoms with Crippen LogP contribution in [-0.2, 0) is 14.2 Å². The molecule has 1 aliphatic heterocycles. The molecule has 2 aliphatic carbocycles. The van der Waals surface area contributed by atoms with Crippen LogP contribution in [0.5, 0.6) is 0 Å². The van der Waals surface area contributed by atoms with Gasteiger partial charge in [0.1, 0.15) is 19.1 Å². The number of ether oxygens (including phenoxy) is 3. The number of benzene rings is 2. The summed E-state index contributed by atoms with van der Waals surface area (Å²) in [7, 11) is 0. The monoisotopic (exact) mass is 405 g/mol. The zero-order valence-electron chi connectivity index (χ0n) is 17.2. The molecule has 1 heterocycles. The highest BCUT2D eigenvalue weighted by atomic mass is 16.7. The molecular weight excluding hydrogens is 378 g/mol. The minimum absolute atomic E-state index is 0.0861. The number of hydrogen-bond acceptors (Lipinski definition) is 4. The third-order valence-corrected chi connectivity index (χ3v) is 6.79. The first-order valence-electron chi connectivity index (χ1n) is 10.8. The molecule has 1 N–H and O–H groups in total. The zero-order valence-corrected chi connectivity index (χ0v) is 17.2. The highest BCUT2D eigenvalue weighted by molar-refractivity contribution is 5.79. The van der Waals surface area contributed by atoms with Crippen molar-refractivity contribution in [3.05, 3.63) is 72.2 Å². The van der Waals surface area contributed by atoms with Crippen LogP contribution < -0.4 is 5.32 Å². The minimum Gasteiger partial charge on any atom is -0.457 e. The highest BCUT2D eigenvalue weighted by Gasteiger charge is 2.41. The highest BCUT2D eigenvalue weighted by Crippen LogP contribution is 2.44. The van der Waals surface area contributed by atoms with Gasteiger partial charge in [-0.3, -0.25) is 0 Å². The lowest BCUT2D eigenvalue weighted by atomic mass is 9.81. The summed E-state index contributed by atoms with van der Waals surface area (Å²) in [6.07, 6.45) is 6.59. The van der Waals surface area contributed by atoms with Gasteiger partial charge in [-0.05, 0) is 47.9 Å². The van der Waals surface area contributed by atoms with Crippen molar-refractivity contribution < 1.29 is 19.0 Å². The van der Waals surface area contributed by atoms with Gasteiger partial charge in [-0.15, -0.1) is 0 Å². The topological polar surface area (TPSA) is 56.8 Å². The Labute approximate surface area is 177 Å². The van der Waals surface area contributed by atoms with Gasteiger partial charge >= 0.3 is 6.09 Å². The molecule has 5 heteroatoms. The Balaban J connectivity index is 1.16. The molecule has 0 bridgehead atoms. The number of hydrogen-bond donors (Lipinski definition) is 1. The predicted molar refractivity (Wildman–Crippen MR) is 114 cm³/mol. The first-order valence-corrected chi connectivity index (χ1v) is 10.8. The van der Waals surface area contributed by atoms with Crippen LogP contribution in [0.2, 0.25) is 0 Å². The molecule has 30 heavy (non-hydrogen) atoms. The average molecular weight is 405 g/mol. The van der Waals surface area contributed by atoms with E-state index >= 15 is 0 Å².